The van der Waals surface area contributed by atoms with E-state index in [1.54, 1.807) is 6.07 Å². The molecule has 0 amide bonds. The van der Waals surface area contributed by atoms with E-state index < -0.39 is 0 Å². The summed E-state index contributed by atoms with van der Waals surface area (Å²) in [6, 6.07) is 49.2. The van der Waals surface area contributed by atoms with Crippen LogP contribution in [0.4, 0.5) is 0 Å². The summed E-state index contributed by atoms with van der Waals surface area (Å²) in [4.78, 5) is 0. The fourth-order valence-electron chi connectivity index (χ4n) is 9.71. The molecule has 6 heterocycles. The van der Waals surface area contributed by atoms with Gasteiger partial charge in [0.25, 0.3) is 0 Å². The number of fused-ring (bicyclic) bond motifs is 6. The minimum Gasteiger partial charge on any atom is -0.508 e. The zero-order chi connectivity index (χ0) is 46.0. The fourth-order valence-corrected chi connectivity index (χ4v) is 10.1. The van der Waals surface area contributed by atoms with Crippen LogP contribution < -0.4 is 4.74 Å². The van der Waals surface area contributed by atoms with Gasteiger partial charge in [-0.15, -0.1) is 0 Å². The third-order valence-electron chi connectivity index (χ3n) is 12.6. The van der Waals surface area contributed by atoms with E-state index in [0.29, 0.717) is 5.75 Å². The molecule has 0 radical (unpaired) electrons. The normalized spacial score (nSPS) is 16.2. The van der Waals surface area contributed by atoms with E-state index in [1.807, 2.05) is 77.8 Å². The third kappa shape index (κ3) is 9.24. The molecule has 12 rings (SSSR count). The lowest BCUT2D eigenvalue weighted by Gasteiger charge is -2.25. The van der Waals surface area contributed by atoms with Crippen LogP contribution >= 0.6 is 15.9 Å². The highest BCUT2D eigenvalue weighted by molar-refractivity contribution is 9.10. The Hall–Kier alpha value is -6.66. The largest absolute Gasteiger partial charge is 0.508 e. The number of nitrogens with zero attached hydrogens (tertiary/aromatic N) is 6. The van der Waals surface area contributed by atoms with Gasteiger partial charge in [0.05, 0.1) is 44.8 Å². The Bertz CT molecular complexity index is 3350. The molecule has 10 aromatic rings. The van der Waals surface area contributed by atoms with Crippen molar-refractivity contribution in [2.75, 3.05) is 13.2 Å². The molecule has 2 saturated heterocycles. The molecule has 2 atom stereocenters. The summed E-state index contributed by atoms with van der Waals surface area (Å²) < 4.78 is 28.0. The Balaban J connectivity index is 0.000000131. The lowest BCUT2D eigenvalue weighted by Crippen LogP contribution is -2.17. The minimum absolute atomic E-state index is 0.0609. The maximum Gasteiger partial charge on any atom is 0.134 e. The molecule has 2 aliphatic heterocycles. The SMILES string of the molecule is Cc1cc(C)n(-c2cccc(Br)c2)n1.Cc1cc(C)n(-c2cccc(Oc3ccc4c5ccccc5n(C5CCCCO5)c4c3)c2)n1.Oc1ccc2c3ccccc3n(C3CCCCO3)c2c1. The standard InChI is InChI=1S/C28H27N3O2.C17H17NO2.C11H11BrN2/c1-19-16-20(2)31(29-19)21-8-7-9-22(17-21)33-23-13-14-25-24-10-3-4-11-26(24)30(27(25)18-23)28-12-5-6-15-32-28;19-12-8-9-14-13-5-1-2-6-15(13)18(16(14)11-12)17-7-3-4-10-20-17;1-8-6-9(2)14(13-8)11-5-3-4-10(12)7-11/h3-4,7-11,13-14,16-18,28H,5-6,12,15H2,1-2H3;1-2,5-6,8-9,11,17,19H,3-4,7,10H2;3-7H,1-2H3. The van der Waals surface area contributed by atoms with Gasteiger partial charge in [-0.25, -0.2) is 9.36 Å². The van der Waals surface area contributed by atoms with Crippen LogP contribution in [0.2, 0.25) is 0 Å². The number of halogens is 1. The summed E-state index contributed by atoms with van der Waals surface area (Å²) in [5, 5.41) is 23.7. The van der Waals surface area contributed by atoms with Crippen LogP contribution in [0.1, 0.15) is 73.8 Å². The van der Waals surface area contributed by atoms with E-state index in [9.17, 15) is 5.11 Å². The molecular formula is C56H55BrN6O4. The number of benzene rings is 6. The second-order valence-corrected chi connectivity index (χ2v) is 18.5. The van der Waals surface area contributed by atoms with Crippen molar-refractivity contribution in [3.8, 4) is 28.6 Å². The summed E-state index contributed by atoms with van der Waals surface area (Å²) in [6.45, 7) is 9.76. The second-order valence-electron chi connectivity index (χ2n) is 17.6. The quantitative estimate of drug-likeness (QED) is 0.178. The fraction of sp³-hybridized carbons (Fsp3) is 0.250. The first-order valence-electron chi connectivity index (χ1n) is 23.3. The second kappa shape index (κ2) is 19.3. The van der Waals surface area contributed by atoms with Gasteiger partial charge in [-0.1, -0.05) is 64.5 Å². The molecule has 340 valence electrons. The van der Waals surface area contributed by atoms with E-state index in [-0.39, 0.29) is 12.5 Å². The number of aromatic nitrogens is 6. The molecule has 11 heteroatoms. The van der Waals surface area contributed by atoms with Gasteiger partial charge in [0.15, 0.2) is 0 Å². The predicted octanol–water partition coefficient (Wildman–Crippen LogP) is 14.5. The number of rotatable bonds is 6. The first-order chi connectivity index (χ1) is 32.7. The Morgan fingerprint density at radius 1 is 0.507 bits per heavy atom. The summed E-state index contributed by atoms with van der Waals surface area (Å²) in [7, 11) is 0. The van der Waals surface area contributed by atoms with Crippen molar-refractivity contribution in [1.82, 2.24) is 28.7 Å². The number of aromatic hydroxyl groups is 1. The molecule has 2 unspecified atom stereocenters. The molecule has 2 aliphatic rings. The van der Waals surface area contributed by atoms with Crippen LogP contribution in [0.3, 0.4) is 0 Å². The van der Waals surface area contributed by atoms with Gasteiger partial charge in [-0.2, -0.15) is 10.2 Å². The highest BCUT2D eigenvalue weighted by atomic mass is 79.9. The monoisotopic (exact) mass is 954 g/mol. The zero-order valence-electron chi connectivity index (χ0n) is 38.4. The molecule has 67 heavy (non-hydrogen) atoms. The van der Waals surface area contributed by atoms with Crippen molar-refractivity contribution in [2.45, 2.75) is 78.7 Å². The van der Waals surface area contributed by atoms with Crippen LogP contribution in [0.15, 0.2) is 150 Å². The van der Waals surface area contributed by atoms with Crippen molar-refractivity contribution in [3.63, 3.8) is 0 Å². The molecule has 0 spiro atoms. The topological polar surface area (TPSA) is 93.4 Å². The van der Waals surface area contributed by atoms with E-state index in [4.69, 9.17) is 14.2 Å². The van der Waals surface area contributed by atoms with Crippen molar-refractivity contribution in [2.24, 2.45) is 0 Å². The first-order valence-corrected chi connectivity index (χ1v) is 24.1. The smallest absolute Gasteiger partial charge is 0.134 e. The average molecular weight is 956 g/mol. The molecule has 0 bridgehead atoms. The van der Waals surface area contributed by atoms with Gasteiger partial charge in [-0.3, -0.25) is 0 Å². The Morgan fingerprint density at radius 3 is 1.55 bits per heavy atom. The van der Waals surface area contributed by atoms with E-state index >= 15 is 0 Å². The van der Waals surface area contributed by atoms with E-state index in [0.717, 1.165) is 100 Å². The number of aryl methyl sites for hydroxylation is 4. The molecule has 0 saturated carbocycles. The maximum absolute atomic E-state index is 9.82. The van der Waals surface area contributed by atoms with Crippen molar-refractivity contribution in [3.05, 3.63) is 173 Å². The van der Waals surface area contributed by atoms with Crippen molar-refractivity contribution in [1.29, 1.82) is 0 Å². The summed E-state index contributed by atoms with van der Waals surface area (Å²) in [5.41, 5.74) is 11.0. The van der Waals surface area contributed by atoms with Gasteiger partial charge >= 0.3 is 0 Å². The highest BCUT2D eigenvalue weighted by Crippen LogP contribution is 2.39. The third-order valence-corrected chi connectivity index (χ3v) is 13.1. The number of hydrogen-bond acceptors (Lipinski definition) is 6. The Kier molecular flexibility index (Phi) is 12.7. The van der Waals surface area contributed by atoms with Crippen LogP contribution in [0.5, 0.6) is 17.2 Å². The van der Waals surface area contributed by atoms with Gasteiger partial charge in [0, 0.05) is 68.8 Å². The summed E-state index contributed by atoms with van der Waals surface area (Å²) >= 11 is 3.45. The number of hydrogen-bond donors (Lipinski definition) is 1. The first kappa shape index (κ1) is 44.2. The molecule has 4 aromatic heterocycles. The van der Waals surface area contributed by atoms with Crippen LogP contribution in [-0.4, -0.2) is 47.0 Å². The lowest BCUT2D eigenvalue weighted by atomic mass is 10.1. The Labute approximate surface area is 399 Å². The predicted molar refractivity (Wildman–Crippen MR) is 272 cm³/mol. The summed E-state index contributed by atoms with van der Waals surface area (Å²) in [5.74, 6) is 1.90. The average Bonchev–Trinajstić information content (AvgIpc) is 4.08. The lowest BCUT2D eigenvalue weighted by molar-refractivity contribution is -0.0268. The number of phenols is 1. The molecule has 10 nitrogen and oxygen atoms in total. The molecular weight excluding hydrogens is 901 g/mol. The number of phenolic OH excluding ortho intramolecular Hbond substituents is 1. The van der Waals surface area contributed by atoms with Gasteiger partial charge in [0.1, 0.15) is 29.7 Å². The van der Waals surface area contributed by atoms with E-state index in [1.165, 1.54) is 45.4 Å². The van der Waals surface area contributed by atoms with Crippen molar-refractivity contribution >= 4 is 59.5 Å². The zero-order valence-corrected chi connectivity index (χ0v) is 40.0. The molecule has 0 aliphatic carbocycles. The summed E-state index contributed by atoms with van der Waals surface area (Å²) in [6.07, 6.45) is 6.85. The van der Waals surface area contributed by atoms with Gasteiger partial charge in [0.2, 0.25) is 0 Å². The van der Waals surface area contributed by atoms with Crippen LogP contribution in [-0.2, 0) is 9.47 Å². The number of para-hydroxylation sites is 2. The Morgan fingerprint density at radius 2 is 1.01 bits per heavy atom. The molecule has 6 aromatic carbocycles. The van der Waals surface area contributed by atoms with Crippen LogP contribution in [0.25, 0.3) is 55.0 Å². The highest BCUT2D eigenvalue weighted by Gasteiger charge is 2.23. The van der Waals surface area contributed by atoms with Gasteiger partial charge < -0.3 is 28.5 Å². The van der Waals surface area contributed by atoms with Gasteiger partial charge in [-0.05, 0) is 145 Å². The maximum atomic E-state index is 9.82. The minimum atomic E-state index is 0.0609. The number of ether oxygens (including phenoxy) is 3. The van der Waals surface area contributed by atoms with Crippen LogP contribution in [0, 0.1) is 27.7 Å². The van der Waals surface area contributed by atoms with Crippen molar-refractivity contribution < 1.29 is 19.3 Å². The molecule has 2 fully saturated rings. The van der Waals surface area contributed by atoms with E-state index in [2.05, 4.69) is 134 Å². The molecule has 1 N–H and O–H groups in total.